The van der Waals surface area contributed by atoms with E-state index in [0.717, 1.165) is 27.5 Å². The molecule has 0 fully saturated rings. The molecular formula is C43H27N3S. The first-order valence-electron chi connectivity index (χ1n) is 15.9. The lowest BCUT2D eigenvalue weighted by Crippen LogP contribution is -1.98. The zero-order valence-electron chi connectivity index (χ0n) is 25.3. The van der Waals surface area contributed by atoms with Gasteiger partial charge in [0.1, 0.15) is 5.01 Å². The molecule has 0 unspecified atom stereocenters. The monoisotopic (exact) mass is 617 g/mol. The SMILES string of the molecule is c1ccc(-c2nc3ccc(-c4cccc(-n5c6ccccc6c6ccc7c8ccccc8n(-c8ccccc8)c7c65)c4)cc3s2)cc1. The number of rotatable bonds is 4. The highest BCUT2D eigenvalue weighted by molar-refractivity contribution is 7.21. The molecule has 0 radical (unpaired) electrons. The molecule has 0 saturated carbocycles. The van der Waals surface area contributed by atoms with Crippen LogP contribution in [-0.2, 0) is 0 Å². The Morgan fingerprint density at radius 1 is 0.404 bits per heavy atom. The summed E-state index contributed by atoms with van der Waals surface area (Å²) in [7, 11) is 0. The molecule has 0 aliphatic rings. The third-order valence-electron chi connectivity index (χ3n) is 9.33. The van der Waals surface area contributed by atoms with Crippen LogP contribution in [0.1, 0.15) is 0 Å². The second kappa shape index (κ2) is 10.3. The molecule has 220 valence electrons. The van der Waals surface area contributed by atoms with Gasteiger partial charge in [0.2, 0.25) is 0 Å². The second-order valence-corrected chi connectivity index (χ2v) is 13.0. The molecule has 0 atom stereocenters. The first-order valence-corrected chi connectivity index (χ1v) is 16.7. The highest BCUT2D eigenvalue weighted by atomic mass is 32.1. The molecule has 3 nitrogen and oxygen atoms in total. The fraction of sp³-hybridized carbons (Fsp3) is 0. The molecule has 10 aromatic rings. The fourth-order valence-corrected chi connectivity index (χ4v) is 8.26. The Bertz CT molecular complexity index is 2780. The summed E-state index contributed by atoms with van der Waals surface area (Å²) in [5.74, 6) is 0. The van der Waals surface area contributed by atoms with Gasteiger partial charge in [-0.1, -0.05) is 115 Å². The van der Waals surface area contributed by atoms with Gasteiger partial charge in [-0.15, -0.1) is 11.3 Å². The van der Waals surface area contributed by atoms with Gasteiger partial charge in [-0.3, -0.25) is 0 Å². The Morgan fingerprint density at radius 3 is 1.66 bits per heavy atom. The lowest BCUT2D eigenvalue weighted by molar-refractivity contribution is 1.15. The van der Waals surface area contributed by atoms with E-state index in [2.05, 4.69) is 167 Å². The highest BCUT2D eigenvalue weighted by Crippen LogP contribution is 2.42. The fourth-order valence-electron chi connectivity index (χ4n) is 7.25. The van der Waals surface area contributed by atoms with Crippen molar-refractivity contribution >= 4 is 65.2 Å². The van der Waals surface area contributed by atoms with Gasteiger partial charge >= 0.3 is 0 Å². The number of para-hydroxylation sites is 3. The van der Waals surface area contributed by atoms with Crippen LogP contribution in [0, 0.1) is 0 Å². The van der Waals surface area contributed by atoms with Crippen molar-refractivity contribution in [3.63, 3.8) is 0 Å². The van der Waals surface area contributed by atoms with Gasteiger partial charge in [-0.05, 0) is 59.7 Å². The molecule has 0 aliphatic carbocycles. The van der Waals surface area contributed by atoms with Crippen LogP contribution in [0.4, 0.5) is 0 Å². The molecule has 0 amide bonds. The van der Waals surface area contributed by atoms with E-state index in [1.165, 1.54) is 59.4 Å². The largest absolute Gasteiger partial charge is 0.307 e. The first-order chi connectivity index (χ1) is 23.3. The highest BCUT2D eigenvalue weighted by Gasteiger charge is 2.21. The predicted octanol–water partition coefficient (Wildman–Crippen LogP) is 11.8. The summed E-state index contributed by atoms with van der Waals surface area (Å²) in [4.78, 5) is 4.94. The average molecular weight is 618 g/mol. The topological polar surface area (TPSA) is 22.8 Å². The number of benzene rings is 7. The van der Waals surface area contributed by atoms with E-state index in [9.17, 15) is 0 Å². The van der Waals surface area contributed by atoms with Crippen molar-refractivity contribution in [1.29, 1.82) is 0 Å². The molecule has 0 spiro atoms. The summed E-state index contributed by atoms with van der Waals surface area (Å²) in [5, 5.41) is 6.06. The molecule has 10 rings (SSSR count). The van der Waals surface area contributed by atoms with E-state index in [1.54, 1.807) is 11.3 Å². The predicted molar refractivity (Wildman–Crippen MR) is 199 cm³/mol. The van der Waals surface area contributed by atoms with Crippen LogP contribution < -0.4 is 0 Å². The van der Waals surface area contributed by atoms with Crippen molar-refractivity contribution < 1.29 is 0 Å². The number of thiazole rings is 1. The summed E-state index contributed by atoms with van der Waals surface area (Å²) in [5.41, 5.74) is 11.7. The quantitative estimate of drug-likeness (QED) is 0.193. The molecule has 3 heterocycles. The van der Waals surface area contributed by atoms with E-state index in [4.69, 9.17) is 4.98 Å². The number of nitrogens with zero attached hydrogens (tertiary/aromatic N) is 3. The van der Waals surface area contributed by atoms with Gasteiger partial charge in [0, 0.05) is 38.5 Å². The minimum atomic E-state index is 1.03. The summed E-state index contributed by atoms with van der Waals surface area (Å²) in [6, 6.07) is 59.0. The summed E-state index contributed by atoms with van der Waals surface area (Å²) < 4.78 is 6.10. The summed E-state index contributed by atoms with van der Waals surface area (Å²) in [6.07, 6.45) is 0. The zero-order valence-corrected chi connectivity index (χ0v) is 26.2. The molecule has 47 heavy (non-hydrogen) atoms. The maximum absolute atomic E-state index is 4.94. The van der Waals surface area contributed by atoms with Crippen molar-refractivity contribution in [3.05, 3.63) is 164 Å². The standard InChI is InChI=1S/C43H27N3S/c1-3-12-28(13-4-1)43-44-37-25-22-30(27-40(37)47-43)29-14-11-17-32(26-29)46-39-21-10-8-19-34(39)36-24-23-35-33-18-7-9-20-38(33)45(41(35)42(36)46)31-15-5-2-6-16-31/h1-27H. The summed E-state index contributed by atoms with van der Waals surface area (Å²) in [6.45, 7) is 0. The Labute approximate surface area is 275 Å². The van der Waals surface area contributed by atoms with Gasteiger partial charge in [0.05, 0.1) is 32.3 Å². The van der Waals surface area contributed by atoms with Crippen LogP contribution in [0.2, 0.25) is 0 Å². The van der Waals surface area contributed by atoms with Gasteiger partial charge in [-0.2, -0.15) is 0 Å². The molecule has 7 aromatic carbocycles. The van der Waals surface area contributed by atoms with Crippen molar-refractivity contribution in [2.75, 3.05) is 0 Å². The van der Waals surface area contributed by atoms with Crippen molar-refractivity contribution in [2.24, 2.45) is 0 Å². The molecule has 4 heteroatoms. The molecule has 3 aromatic heterocycles. The van der Waals surface area contributed by atoms with Gasteiger partial charge in [0.15, 0.2) is 0 Å². The van der Waals surface area contributed by atoms with E-state index in [0.29, 0.717) is 0 Å². The molecule has 0 N–H and O–H groups in total. The number of aromatic nitrogens is 3. The smallest absolute Gasteiger partial charge is 0.124 e. The molecule has 0 saturated heterocycles. The third kappa shape index (κ3) is 4.02. The van der Waals surface area contributed by atoms with E-state index in [1.807, 2.05) is 6.07 Å². The molecule has 0 bridgehead atoms. The summed E-state index contributed by atoms with van der Waals surface area (Å²) >= 11 is 1.75. The van der Waals surface area contributed by atoms with Crippen LogP contribution in [-0.4, -0.2) is 14.1 Å². The number of hydrogen-bond acceptors (Lipinski definition) is 2. The van der Waals surface area contributed by atoms with Crippen LogP contribution >= 0.6 is 11.3 Å². The first kappa shape index (κ1) is 26.3. The average Bonchev–Trinajstić information content (AvgIpc) is 3.82. The minimum absolute atomic E-state index is 1.03. The lowest BCUT2D eigenvalue weighted by Gasteiger charge is -2.13. The zero-order chi connectivity index (χ0) is 30.9. The van der Waals surface area contributed by atoms with E-state index >= 15 is 0 Å². The second-order valence-electron chi connectivity index (χ2n) is 12.0. The molecular weight excluding hydrogens is 591 g/mol. The van der Waals surface area contributed by atoms with Crippen molar-refractivity contribution in [1.82, 2.24) is 14.1 Å². The normalized spacial score (nSPS) is 11.8. The van der Waals surface area contributed by atoms with Crippen LogP contribution in [0.25, 0.3) is 86.9 Å². The Kier molecular flexibility index (Phi) is 5.74. The van der Waals surface area contributed by atoms with Crippen LogP contribution in [0.5, 0.6) is 0 Å². The Morgan fingerprint density at radius 2 is 0.957 bits per heavy atom. The third-order valence-corrected chi connectivity index (χ3v) is 10.4. The lowest BCUT2D eigenvalue weighted by atomic mass is 10.0. The van der Waals surface area contributed by atoms with Crippen LogP contribution in [0.15, 0.2) is 164 Å². The minimum Gasteiger partial charge on any atom is -0.307 e. The van der Waals surface area contributed by atoms with Gasteiger partial charge < -0.3 is 9.13 Å². The van der Waals surface area contributed by atoms with E-state index in [-0.39, 0.29) is 0 Å². The maximum Gasteiger partial charge on any atom is 0.124 e. The Balaban J connectivity index is 1.24. The number of fused-ring (bicyclic) bond motifs is 8. The maximum atomic E-state index is 4.94. The number of hydrogen-bond donors (Lipinski definition) is 0. The Hall–Kier alpha value is -5.97. The van der Waals surface area contributed by atoms with Gasteiger partial charge in [-0.25, -0.2) is 4.98 Å². The van der Waals surface area contributed by atoms with Crippen LogP contribution in [0.3, 0.4) is 0 Å². The molecule has 0 aliphatic heterocycles. The van der Waals surface area contributed by atoms with Crippen molar-refractivity contribution in [3.8, 4) is 33.1 Å². The van der Waals surface area contributed by atoms with Crippen molar-refractivity contribution in [2.45, 2.75) is 0 Å². The van der Waals surface area contributed by atoms with Gasteiger partial charge in [0.25, 0.3) is 0 Å². The van der Waals surface area contributed by atoms with E-state index < -0.39 is 0 Å².